The fraction of sp³-hybridized carbons (Fsp3) is 0.143. The van der Waals surface area contributed by atoms with Gasteiger partial charge in [-0.15, -0.1) is 11.3 Å². The van der Waals surface area contributed by atoms with Crippen LogP contribution in [0, 0.1) is 0 Å². The van der Waals surface area contributed by atoms with Crippen LogP contribution in [-0.4, -0.2) is 11.1 Å². The molecule has 0 saturated heterocycles. The summed E-state index contributed by atoms with van der Waals surface area (Å²) in [5.74, 6) is 0.363. The first-order chi connectivity index (χ1) is 6.25. The summed E-state index contributed by atoms with van der Waals surface area (Å²) in [6.07, 6.45) is -0.131. The van der Waals surface area contributed by atoms with Crippen molar-refractivity contribution in [3.8, 4) is 0 Å². The van der Waals surface area contributed by atoms with E-state index < -0.39 is 0 Å². The van der Waals surface area contributed by atoms with Gasteiger partial charge in [0.25, 0.3) is 0 Å². The van der Waals surface area contributed by atoms with Gasteiger partial charge in [0.15, 0.2) is 17.2 Å². The Balaban J connectivity index is 2.25. The topological polar surface area (TPSA) is 62.4 Å². The molecule has 4 N–H and O–H groups in total. The summed E-state index contributed by atoms with van der Waals surface area (Å²) in [4.78, 5) is 5.27. The van der Waals surface area contributed by atoms with Gasteiger partial charge in [0.2, 0.25) is 0 Å². The van der Waals surface area contributed by atoms with Crippen LogP contribution in [0.2, 0.25) is 0 Å². The summed E-state index contributed by atoms with van der Waals surface area (Å²) in [5.41, 5.74) is 5.54. The molecular weight excluding hydrogens is 204 g/mol. The van der Waals surface area contributed by atoms with Gasteiger partial charge in [0.1, 0.15) is 0 Å². The first-order valence-electron chi connectivity index (χ1n) is 3.70. The van der Waals surface area contributed by atoms with Crippen molar-refractivity contribution in [1.82, 2.24) is 10.6 Å². The smallest absolute Gasteiger partial charge is 0.197 e. The normalized spacial score (nSPS) is 21.7. The highest BCUT2D eigenvalue weighted by Gasteiger charge is 2.17. The monoisotopic (exact) mass is 212 g/mol. The molecule has 0 fully saturated rings. The van der Waals surface area contributed by atoms with Gasteiger partial charge >= 0.3 is 0 Å². The Bertz CT molecular complexity index is 343. The Morgan fingerprint density at radius 3 is 3.08 bits per heavy atom. The van der Waals surface area contributed by atoms with Crippen molar-refractivity contribution in [2.24, 2.45) is 10.7 Å². The van der Waals surface area contributed by atoms with Gasteiger partial charge in [0.05, 0.1) is 0 Å². The SMILES string of the molecule is NC1=N[C@H](c2cccs2)NC(=S)N1. The second-order valence-electron chi connectivity index (χ2n) is 2.53. The highest BCUT2D eigenvalue weighted by atomic mass is 32.1. The summed E-state index contributed by atoms with van der Waals surface area (Å²) in [6, 6.07) is 3.96. The zero-order chi connectivity index (χ0) is 9.26. The number of hydrogen-bond acceptors (Lipinski definition) is 4. The van der Waals surface area contributed by atoms with E-state index in [4.69, 9.17) is 18.0 Å². The van der Waals surface area contributed by atoms with Crippen LogP contribution >= 0.6 is 23.6 Å². The molecule has 6 heteroatoms. The minimum absolute atomic E-state index is 0.131. The second-order valence-corrected chi connectivity index (χ2v) is 3.92. The molecule has 2 rings (SSSR count). The highest BCUT2D eigenvalue weighted by molar-refractivity contribution is 7.80. The molecule has 0 aromatic carbocycles. The fourth-order valence-electron chi connectivity index (χ4n) is 1.06. The second kappa shape index (κ2) is 3.31. The van der Waals surface area contributed by atoms with Crippen LogP contribution in [-0.2, 0) is 0 Å². The van der Waals surface area contributed by atoms with Crippen LogP contribution in [0.4, 0.5) is 0 Å². The van der Waals surface area contributed by atoms with Crippen LogP contribution < -0.4 is 16.4 Å². The molecule has 0 aliphatic carbocycles. The fourth-order valence-corrected chi connectivity index (χ4v) is 1.99. The van der Waals surface area contributed by atoms with Gasteiger partial charge < -0.3 is 16.4 Å². The maximum Gasteiger partial charge on any atom is 0.197 e. The summed E-state index contributed by atoms with van der Waals surface area (Å²) >= 11 is 6.58. The van der Waals surface area contributed by atoms with Gasteiger partial charge in [0, 0.05) is 4.88 Å². The molecule has 0 bridgehead atoms. The van der Waals surface area contributed by atoms with E-state index in [1.165, 1.54) is 0 Å². The van der Waals surface area contributed by atoms with Crippen molar-refractivity contribution in [2.45, 2.75) is 6.17 Å². The molecule has 4 nitrogen and oxygen atoms in total. The van der Waals surface area contributed by atoms with E-state index in [1.54, 1.807) is 11.3 Å². The molecule has 0 spiro atoms. The van der Waals surface area contributed by atoms with Gasteiger partial charge in [-0.05, 0) is 23.7 Å². The Morgan fingerprint density at radius 2 is 2.46 bits per heavy atom. The lowest BCUT2D eigenvalue weighted by Crippen LogP contribution is -2.49. The van der Waals surface area contributed by atoms with Crippen LogP contribution in [0.1, 0.15) is 11.0 Å². The van der Waals surface area contributed by atoms with Crippen molar-refractivity contribution in [3.63, 3.8) is 0 Å². The van der Waals surface area contributed by atoms with E-state index in [1.807, 2.05) is 17.5 Å². The van der Waals surface area contributed by atoms with E-state index in [9.17, 15) is 0 Å². The average molecular weight is 212 g/mol. The molecule has 13 heavy (non-hydrogen) atoms. The average Bonchev–Trinajstić information content (AvgIpc) is 2.53. The van der Waals surface area contributed by atoms with E-state index >= 15 is 0 Å². The third-order valence-corrected chi connectivity index (χ3v) is 2.73. The number of nitrogens with one attached hydrogen (secondary N) is 2. The Hall–Kier alpha value is -1.14. The number of thiocarbonyl (C=S) groups is 1. The molecule has 1 atom stereocenters. The molecule has 1 aliphatic rings. The molecule has 68 valence electrons. The number of nitrogens with two attached hydrogens (primary N) is 1. The molecule has 0 saturated carbocycles. The molecule has 0 radical (unpaired) electrons. The maximum atomic E-state index is 5.54. The number of hydrogen-bond donors (Lipinski definition) is 3. The minimum atomic E-state index is -0.131. The van der Waals surface area contributed by atoms with Crippen LogP contribution in [0.15, 0.2) is 22.5 Å². The minimum Gasteiger partial charge on any atom is -0.370 e. The molecule has 0 amide bonds. The number of guanidine groups is 1. The van der Waals surface area contributed by atoms with E-state index in [0.717, 1.165) is 4.88 Å². The molecule has 0 unspecified atom stereocenters. The third kappa shape index (κ3) is 1.78. The predicted octanol–water partition coefficient (Wildman–Crippen LogP) is 0.539. The Labute approximate surface area is 84.9 Å². The van der Waals surface area contributed by atoms with E-state index in [2.05, 4.69) is 15.6 Å². The Morgan fingerprint density at radius 1 is 1.62 bits per heavy atom. The molecular formula is C7H8N4S2. The quantitative estimate of drug-likeness (QED) is 0.595. The largest absolute Gasteiger partial charge is 0.370 e. The van der Waals surface area contributed by atoms with Crippen LogP contribution in [0.3, 0.4) is 0 Å². The number of aliphatic imine (C=N–C) groups is 1. The zero-order valence-corrected chi connectivity index (χ0v) is 8.28. The first-order valence-corrected chi connectivity index (χ1v) is 4.99. The van der Waals surface area contributed by atoms with Crippen LogP contribution in [0.25, 0.3) is 0 Å². The first kappa shape index (κ1) is 8.46. The summed E-state index contributed by atoms with van der Waals surface area (Å²) in [5, 5.41) is 8.25. The molecule has 2 heterocycles. The highest BCUT2D eigenvalue weighted by Crippen LogP contribution is 2.20. The summed E-state index contributed by atoms with van der Waals surface area (Å²) < 4.78 is 0. The number of rotatable bonds is 1. The van der Waals surface area contributed by atoms with Crippen molar-refractivity contribution < 1.29 is 0 Å². The molecule has 1 aliphatic heterocycles. The number of nitrogens with zero attached hydrogens (tertiary/aromatic N) is 1. The molecule has 1 aromatic rings. The van der Waals surface area contributed by atoms with Crippen LogP contribution in [0.5, 0.6) is 0 Å². The predicted molar refractivity (Wildman–Crippen MR) is 57.6 cm³/mol. The zero-order valence-electron chi connectivity index (χ0n) is 6.65. The van der Waals surface area contributed by atoms with Gasteiger partial charge in [-0.3, -0.25) is 0 Å². The Kier molecular flexibility index (Phi) is 2.15. The standard InChI is InChI=1S/C7H8N4S2/c8-6-9-5(10-7(12)11-6)4-2-1-3-13-4/h1-3,5H,(H4,8,9,10,11,12)/t5-/m0/s1. The number of thiophene rings is 1. The lowest BCUT2D eigenvalue weighted by Gasteiger charge is -2.21. The van der Waals surface area contributed by atoms with Gasteiger partial charge in [-0.25, -0.2) is 4.99 Å². The third-order valence-electron chi connectivity index (χ3n) is 1.59. The van der Waals surface area contributed by atoms with Crippen molar-refractivity contribution >= 4 is 34.6 Å². The molecule has 1 aromatic heterocycles. The van der Waals surface area contributed by atoms with Gasteiger partial charge in [-0.1, -0.05) is 6.07 Å². The van der Waals surface area contributed by atoms with E-state index in [-0.39, 0.29) is 6.17 Å². The summed E-state index contributed by atoms with van der Waals surface area (Å²) in [6.45, 7) is 0. The maximum absolute atomic E-state index is 5.54. The summed E-state index contributed by atoms with van der Waals surface area (Å²) in [7, 11) is 0. The van der Waals surface area contributed by atoms with Gasteiger partial charge in [-0.2, -0.15) is 0 Å². The lowest BCUT2D eigenvalue weighted by molar-refractivity contribution is 0.672. The van der Waals surface area contributed by atoms with Crippen molar-refractivity contribution in [1.29, 1.82) is 0 Å². The lowest BCUT2D eigenvalue weighted by atomic mass is 10.4. The van der Waals surface area contributed by atoms with E-state index in [0.29, 0.717) is 11.1 Å². The van der Waals surface area contributed by atoms with Crippen molar-refractivity contribution in [2.75, 3.05) is 0 Å². The van der Waals surface area contributed by atoms with Crippen molar-refractivity contribution in [3.05, 3.63) is 22.4 Å².